The van der Waals surface area contributed by atoms with Crippen molar-refractivity contribution < 1.29 is 19.4 Å². The van der Waals surface area contributed by atoms with Crippen LogP contribution in [0, 0.1) is 17.3 Å². The first-order valence-electron chi connectivity index (χ1n) is 13.1. The number of carbonyl (C=O) groups excluding carboxylic acids is 1. The molecule has 2 fully saturated rings. The van der Waals surface area contributed by atoms with Crippen LogP contribution in [0.3, 0.4) is 0 Å². The number of carboxylic acid groups (broad SMARTS) is 1. The largest absolute Gasteiger partial charge is 0.481 e. The van der Waals surface area contributed by atoms with E-state index in [2.05, 4.69) is 31.1 Å². The number of aromatic nitrogens is 1. The highest BCUT2D eigenvalue weighted by Gasteiger charge is 2.58. The Kier molecular flexibility index (Phi) is 7.98. The molecule has 0 bridgehead atoms. The molecule has 4 atom stereocenters. The fourth-order valence-electron chi connectivity index (χ4n) is 6.18. The lowest BCUT2D eigenvalue weighted by atomic mass is 9.72. The normalized spacial score (nSPS) is 25.1. The number of aliphatic carboxylic acids is 1. The van der Waals surface area contributed by atoms with Gasteiger partial charge in [0.05, 0.1) is 18.8 Å². The molecule has 7 nitrogen and oxygen atoms in total. The Balaban J connectivity index is 1.78. The molecule has 1 aromatic carbocycles. The molecule has 2 heterocycles. The standard InChI is InChI=1S/C29H39N3O4/c1-29(2,3)23-24(30-18-21-16-11-17-22(31-21)36-4)25(19-12-7-5-8-13-19)32(26(23)28(34)35)27(33)20-14-9-6-10-15-20/h5,7-8,11-13,16-17,20,23-26,30H,6,9-10,14-15,18H2,1-4H3,(H,34,35). The number of carbonyl (C=O) groups is 2. The number of ether oxygens (including phenoxy) is 1. The third-order valence-electron chi connectivity index (χ3n) is 7.78. The number of hydrogen-bond donors (Lipinski definition) is 2. The lowest BCUT2D eigenvalue weighted by molar-refractivity contribution is -0.154. The predicted molar refractivity (Wildman–Crippen MR) is 138 cm³/mol. The summed E-state index contributed by atoms with van der Waals surface area (Å²) < 4.78 is 5.29. The molecule has 1 aromatic heterocycles. The molecular formula is C29H39N3O4. The van der Waals surface area contributed by atoms with Gasteiger partial charge in [0.2, 0.25) is 11.8 Å². The number of likely N-dealkylation sites (tertiary alicyclic amines) is 1. The van der Waals surface area contributed by atoms with Crippen LogP contribution in [0.4, 0.5) is 0 Å². The predicted octanol–water partition coefficient (Wildman–Crippen LogP) is 4.83. The van der Waals surface area contributed by atoms with Gasteiger partial charge in [-0.2, -0.15) is 0 Å². The monoisotopic (exact) mass is 493 g/mol. The van der Waals surface area contributed by atoms with Crippen LogP contribution in [-0.4, -0.2) is 46.1 Å². The lowest BCUT2D eigenvalue weighted by Gasteiger charge is -2.36. The van der Waals surface area contributed by atoms with Crippen LogP contribution < -0.4 is 10.1 Å². The summed E-state index contributed by atoms with van der Waals surface area (Å²) in [6.45, 7) is 6.66. The highest BCUT2D eigenvalue weighted by molar-refractivity contribution is 5.87. The van der Waals surface area contributed by atoms with Crippen molar-refractivity contribution >= 4 is 11.9 Å². The molecule has 2 aliphatic rings. The Morgan fingerprint density at radius 3 is 2.36 bits per heavy atom. The number of pyridine rings is 1. The number of nitrogens with one attached hydrogen (secondary N) is 1. The average Bonchev–Trinajstić information content (AvgIpc) is 3.24. The van der Waals surface area contributed by atoms with Crippen molar-refractivity contribution in [2.75, 3.05) is 7.11 Å². The molecule has 7 heteroatoms. The molecule has 2 aromatic rings. The molecular weight excluding hydrogens is 454 g/mol. The van der Waals surface area contributed by atoms with Gasteiger partial charge in [-0.15, -0.1) is 0 Å². The number of rotatable bonds is 7. The first-order valence-corrected chi connectivity index (χ1v) is 13.1. The van der Waals surface area contributed by atoms with E-state index in [1.54, 1.807) is 18.1 Å². The van der Waals surface area contributed by atoms with E-state index in [1.165, 1.54) is 0 Å². The fourth-order valence-corrected chi connectivity index (χ4v) is 6.18. The number of carboxylic acids is 1. The van der Waals surface area contributed by atoms with E-state index in [9.17, 15) is 14.7 Å². The van der Waals surface area contributed by atoms with Crippen molar-refractivity contribution in [3.05, 3.63) is 59.8 Å². The molecule has 1 aliphatic heterocycles. The van der Waals surface area contributed by atoms with Crippen molar-refractivity contribution in [2.45, 2.75) is 77.5 Å². The second kappa shape index (κ2) is 11.0. The van der Waals surface area contributed by atoms with Gasteiger partial charge in [-0.25, -0.2) is 9.78 Å². The summed E-state index contributed by atoms with van der Waals surface area (Å²) in [5.41, 5.74) is 1.39. The Morgan fingerprint density at radius 2 is 1.75 bits per heavy atom. The minimum atomic E-state index is -0.941. The van der Waals surface area contributed by atoms with Crippen molar-refractivity contribution in [2.24, 2.45) is 17.3 Å². The maximum Gasteiger partial charge on any atom is 0.326 e. The van der Waals surface area contributed by atoms with Gasteiger partial charge in [0.25, 0.3) is 0 Å². The highest BCUT2D eigenvalue weighted by atomic mass is 16.5. The number of methoxy groups -OCH3 is 1. The molecule has 4 rings (SSSR count). The Labute approximate surface area is 214 Å². The van der Waals surface area contributed by atoms with Gasteiger partial charge in [-0.1, -0.05) is 76.4 Å². The van der Waals surface area contributed by atoms with E-state index in [4.69, 9.17) is 4.74 Å². The summed E-state index contributed by atoms with van der Waals surface area (Å²) in [4.78, 5) is 33.2. The third-order valence-corrected chi connectivity index (χ3v) is 7.78. The quantitative estimate of drug-likeness (QED) is 0.574. The summed E-state index contributed by atoms with van der Waals surface area (Å²) in [5.74, 6) is -0.854. The molecule has 1 aliphatic carbocycles. The second-order valence-corrected chi connectivity index (χ2v) is 11.2. The zero-order valence-electron chi connectivity index (χ0n) is 21.8. The summed E-state index contributed by atoms with van der Waals surface area (Å²) in [6, 6.07) is 13.9. The Bertz CT molecular complexity index is 1050. The van der Waals surface area contributed by atoms with E-state index >= 15 is 0 Å². The second-order valence-electron chi connectivity index (χ2n) is 11.2. The lowest BCUT2D eigenvalue weighted by Crippen LogP contribution is -2.49. The first-order chi connectivity index (χ1) is 17.2. The van der Waals surface area contributed by atoms with Gasteiger partial charge in [0.15, 0.2) is 0 Å². The van der Waals surface area contributed by atoms with Crippen LogP contribution >= 0.6 is 0 Å². The Morgan fingerprint density at radius 1 is 1.06 bits per heavy atom. The molecule has 36 heavy (non-hydrogen) atoms. The molecule has 1 saturated carbocycles. The number of nitrogens with zero attached hydrogens (tertiary/aromatic N) is 2. The van der Waals surface area contributed by atoms with Crippen LogP contribution in [0.1, 0.15) is 70.2 Å². The van der Waals surface area contributed by atoms with Gasteiger partial charge < -0.3 is 20.1 Å². The summed E-state index contributed by atoms with van der Waals surface area (Å²) >= 11 is 0. The molecule has 2 N–H and O–H groups in total. The highest BCUT2D eigenvalue weighted by Crippen LogP contribution is 2.49. The van der Waals surface area contributed by atoms with Crippen molar-refractivity contribution in [3.8, 4) is 5.88 Å². The number of benzene rings is 1. The van der Waals surface area contributed by atoms with Gasteiger partial charge in [-0.05, 0) is 29.9 Å². The number of amides is 1. The molecule has 0 spiro atoms. The van der Waals surface area contributed by atoms with Crippen molar-refractivity contribution in [1.82, 2.24) is 15.2 Å². The van der Waals surface area contributed by atoms with Gasteiger partial charge >= 0.3 is 5.97 Å². The van der Waals surface area contributed by atoms with Gasteiger partial charge in [0.1, 0.15) is 6.04 Å². The van der Waals surface area contributed by atoms with Crippen LogP contribution in [0.25, 0.3) is 0 Å². The third kappa shape index (κ3) is 5.41. The SMILES string of the molecule is COc1cccc(CNC2C(c3ccccc3)N(C(=O)C3CCCCC3)C(C(=O)O)C2C(C)(C)C)n1. The maximum absolute atomic E-state index is 14.1. The van der Waals surface area contributed by atoms with Gasteiger partial charge in [-0.3, -0.25) is 4.79 Å². The fraction of sp³-hybridized carbons (Fsp3) is 0.552. The first kappa shape index (κ1) is 26.1. The van der Waals surface area contributed by atoms with E-state index in [0.29, 0.717) is 12.4 Å². The summed E-state index contributed by atoms with van der Waals surface area (Å²) in [5, 5.41) is 14.2. The van der Waals surface area contributed by atoms with E-state index < -0.39 is 18.1 Å². The molecule has 1 amide bonds. The maximum atomic E-state index is 14.1. The van der Waals surface area contributed by atoms with Crippen molar-refractivity contribution in [1.29, 1.82) is 0 Å². The van der Waals surface area contributed by atoms with Crippen LogP contribution in [0.2, 0.25) is 0 Å². The molecule has 0 radical (unpaired) electrons. The van der Waals surface area contributed by atoms with E-state index in [0.717, 1.165) is 43.4 Å². The minimum Gasteiger partial charge on any atom is -0.481 e. The van der Waals surface area contributed by atoms with E-state index in [1.807, 2.05) is 42.5 Å². The van der Waals surface area contributed by atoms with Crippen LogP contribution in [-0.2, 0) is 16.1 Å². The van der Waals surface area contributed by atoms with Crippen LogP contribution in [0.15, 0.2) is 48.5 Å². The average molecular weight is 494 g/mol. The Hall–Kier alpha value is -2.93. The smallest absolute Gasteiger partial charge is 0.326 e. The topological polar surface area (TPSA) is 91.8 Å². The van der Waals surface area contributed by atoms with Gasteiger partial charge in [0, 0.05) is 30.5 Å². The van der Waals surface area contributed by atoms with Crippen molar-refractivity contribution in [3.63, 3.8) is 0 Å². The summed E-state index contributed by atoms with van der Waals surface area (Å²) in [6.07, 6.45) is 4.83. The van der Waals surface area contributed by atoms with E-state index in [-0.39, 0.29) is 29.2 Å². The number of hydrogen-bond acceptors (Lipinski definition) is 5. The summed E-state index contributed by atoms with van der Waals surface area (Å²) in [7, 11) is 1.59. The molecule has 4 unspecified atom stereocenters. The zero-order chi connectivity index (χ0) is 25.9. The van der Waals surface area contributed by atoms with Crippen LogP contribution in [0.5, 0.6) is 5.88 Å². The minimum absolute atomic E-state index is 0.0194. The zero-order valence-corrected chi connectivity index (χ0v) is 21.8. The molecule has 1 saturated heterocycles. The molecule has 194 valence electrons.